The molecule has 1 unspecified atom stereocenters. The van der Waals surface area contributed by atoms with Crippen LogP contribution in [0.15, 0.2) is 18.5 Å². The average molecular weight is 246 g/mol. The molecule has 0 aromatic carbocycles. The summed E-state index contributed by atoms with van der Waals surface area (Å²) in [7, 11) is 3.54. The molecule has 2 aromatic rings. The standard InChI is InChI=1S/C13H18N4O/c1-8-12(9(2)17(3)16-8)13(14)10-5-11(18-4)7-15-6-10/h5-7,13H,14H2,1-4H3. The molecule has 0 aliphatic carbocycles. The van der Waals surface area contributed by atoms with E-state index >= 15 is 0 Å². The third-order valence-corrected chi connectivity index (χ3v) is 3.21. The lowest BCUT2D eigenvalue weighted by atomic mass is 9.99. The zero-order valence-corrected chi connectivity index (χ0v) is 11.1. The van der Waals surface area contributed by atoms with Gasteiger partial charge in [0.2, 0.25) is 0 Å². The van der Waals surface area contributed by atoms with E-state index in [2.05, 4.69) is 10.1 Å². The summed E-state index contributed by atoms with van der Waals surface area (Å²) in [6, 6.07) is 1.67. The largest absolute Gasteiger partial charge is 0.495 e. The SMILES string of the molecule is COc1cncc(C(N)c2c(C)nn(C)c2C)c1. The monoisotopic (exact) mass is 246 g/mol. The Morgan fingerprint density at radius 2 is 2.06 bits per heavy atom. The quantitative estimate of drug-likeness (QED) is 0.891. The predicted octanol–water partition coefficient (Wildman–Crippen LogP) is 1.49. The van der Waals surface area contributed by atoms with E-state index in [1.54, 1.807) is 19.5 Å². The number of aryl methyl sites for hydroxylation is 2. The third-order valence-electron chi connectivity index (χ3n) is 3.21. The second kappa shape index (κ2) is 4.78. The van der Waals surface area contributed by atoms with Crippen LogP contribution in [-0.2, 0) is 7.05 Å². The Morgan fingerprint density at radius 1 is 1.33 bits per heavy atom. The number of methoxy groups -OCH3 is 1. The maximum absolute atomic E-state index is 6.31. The first kappa shape index (κ1) is 12.6. The molecular weight excluding hydrogens is 228 g/mol. The second-order valence-electron chi connectivity index (χ2n) is 4.34. The van der Waals surface area contributed by atoms with Gasteiger partial charge in [0.25, 0.3) is 0 Å². The van der Waals surface area contributed by atoms with E-state index < -0.39 is 0 Å². The van der Waals surface area contributed by atoms with Crippen molar-refractivity contribution >= 4 is 0 Å². The van der Waals surface area contributed by atoms with Crippen LogP contribution in [0.5, 0.6) is 5.75 Å². The van der Waals surface area contributed by atoms with Crippen LogP contribution in [0.1, 0.15) is 28.6 Å². The molecule has 96 valence electrons. The van der Waals surface area contributed by atoms with Gasteiger partial charge < -0.3 is 10.5 Å². The summed E-state index contributed by atoms with van der Waals surface area (Å²) < 4.78 is 7.01. The smallest absolute Gasteiger partial charge is 0.137 e. The fourth-order valence-electron chi connectivity index (χ4n) is 2.12. The van der Waals surface area contributed by atoms with Crippen LogP contribution < -0.4 is 10.5 Å². The summed E-state index contributed by atoms with van der Waals surface area (Å²) in [5.74, 6) is 0.710. The Morgan fingerprint density at radius 3 is 2.61 bits per heavy atom. The number of pyridine rings is 1. The summed E-state index contributed by atoms with van der Waals surface area (Å²) in [6.45, 7) is 3.98. The van der Waals surface area contributed by atoms with Crippen molar-refractivity contribution in [2.75, 3.05) is 7.11 Å². The van der Waals surface area contributed by atoms with Gasteiger partial charge in [0.1, 0.15) is 5.75 Å². The van der Waals surface area contributed by atoms with Crippen LogP contribution in [-0.4, -0.2) is 21.9 Å². The van der Waals surface area contributed by atoms with E-state index in [0.717, 1.165) is 22.5 Å². The average Bonchev–Trinajstić information content (AvgIpc) is 2.62. The van der Waals surface area contributed by atoms with Crippen molar-refractivity contribution in [2.24, 2.45) is 12.8 Å². The lowest BCUT2D eigenvalue weighted by Crippen LogP contribution is -2.14. The van der Waals surface area contributed by atoms with E-state index in [-0.39, 0.29) is 6.04 Å². The number of rotatable bonds is 3. The molecule has 1 atom stereocenters. The van der Waals surface area contributed by atoms with Crippen molar-refractivity contribution in [3.05, 3.63) is 41.0 Å². The van der Waals surface area contributed by atoms with E-state index in [1.165, 1.54) is 0 Å². The van der Waals surface area contributed by atoms with Crippen molar-refractivity contribution < 1.29 is 4.74 Å². The molecule has 2 rings (SSSR count). The molecule has 0 spiro atoms. The van der Waals surface area contributed by atoms with Crippen molar-refractivity contribution in [3.8, 4) is 5.75 Å². The highest BCUT2D eigenvalue weighted by Crippen LogP contribution is 2.26. The fourth-order valence-corrected chi connectivity index (χ4v) is 2.12. The first-order chi connectivity index (χ1) is 8.54. The van der Waals surface area contributed by atoms with Crippen molar-refractivity contribution in [1.82, 2.24) is 14.8 Å². The van der Waals surface area contributed by atoms with Crippen molar-refractivity contribution in [1.29, 1.82) is 0 Å². The van der Waals surface area contributed by atoms with Gasteiger partial charge in [-0.3, -0.25) is 9.67 Å². The Kier molecular flexibility index (Phi) is 3.34. The van der Waals surface area contributed by atoms with Gasteiger partial charge in [-0.2, -0.15) is 5.10 Å². The van der Waals surface area contributed by atoms with Crippen LogP contribution in [0.2, 0.25) is 0 Å². The number of hydrogen-bond donors (Lipinski definition) is 1. The summed E-state index contributed by atoms with van der Waals surface area (Å²) in [4.78, 5) is 4.14. The topological polar surface area (TPSA) is 66.0 Å². The van der Waals surface area contributed by atoms with Crippen LogP contribution in [0.4, 0.5) is 0 Å². The molecule has 0 amide bonds. The van der Waals surface area contributed by atoms with E-state index in [4.69, 9.17) is 10.5 Å². The maximum Gasteiger partial charge on any atom is 0.137 e. The van der Waals surface area contributed by atoms with Gasteiger partial charge in [-0.1, -0.05) is 0 Å². The molecule has 0 fully saturated rings. The number of nitrogens with two attached hydrogens (primary N) is 1. The van der Waals surface area contributed by atoms with Gasteiger partial charge in [0.05, 0.1) is 25.0 Å². The highest BCUT2D eigenvalue weighted by Gasteiger charge is 2.18. The highest BCUT2D eigenvalue weighted by molar-refractivity contribution is 5.37. The van der Waals surface area contributed by atoms with E-state index in [0.29, 0.717) is 5.75 Å². The van der Waals surface area contributed by atoms with E-state index in [1.807, 2.05) is 31.6 Å². The minimum atomic E-state index is -0.235. The number of ether oxygens (including phenoxy) is 1. The summed E-state index contributed by atoms with van der Waals surface area (Å²) >= 11 is 0. The van der Waals surface area contributed by atoms with Gasteiger partial charge in [0, 0.05) is 24.5 Å². The molecule has 0 aliphatic rings. The normalized spacial score (nSPS) is 12.5. The molecule has 0 radical (unpaired) electrons. The first-order valence-electron chi connectivity index (χ1n) is 5.79. The van der Waals surface area contributed by atoms with Gasteiger partial charge in [-0.25, -0.2) is 0 Å². The Labute approximate surface area is 107 Å². The van der Waals surface area contributed by atoms with Crippen LogP contribution >= 0.6 is 0 Å². The molecule has 0 aliphatic heterocycles. The molecule has 5 heteroatoms. The highest BCUT2D eigenvalue weighted by atomic mass is 16.5. The third kappa shape index (κ3) is 2.09. The van der Waals surface area contributed by atoms with Crippen LogP contribution in [0.25, 0.3) is 0 Å². The molecule has 2 aromatic heterocycles. The van der Waals surface area contributed by atoms with Gasteiger partial charge in [-0.05, 0) is 25.5 Å². The molecule has 5 nitrogen and oxygen atoms in total. The molecule has 0 bridgehead atoms. The van der Waals surface area contributed by atoms with Crippen LogP contribution in [0, 0.1) is 13.8 Å². The fraction of sp³-hybridized carbons (Fsp3) is 0.385. The van der Waals surface area contributed by atoms with Crippen LogP contribution in [0.3, 0.4) is 0 Å². The van der Waals surface area contributed by atoms with E-state index in [9.17, 15) is 0 Å². The molecule has 0 saturated heterocycles. The van der Waals surface area contributed by atoms with Gasteiger partial charge in [-0.15, -0.1) is 0 Å². The minimum absolute atomic E-state index is 0.235. The molecule has 18 heavy (non-hydrogen) atoms. The Bertz CT molecular complexity index is 562. The second-order valence-corrected chi connectivity index (χ2v) is 4.34. The minimum Gasteiger partial charge on any atom is -0.495 e. The number of hydrogen-bond acceptors (Lipinski definition) is 4. The lowest BCUT2D eigenvalue weighted by Gasteiger charge is -2.13. The predicted molar refractivity (Wildman–Crippen MR) is 69.5 cm³/mol. The lowest BCUT2D eigenvalue weighted by molar-refractivity contribution is 0.412. The molecule has 2 N–H and O–H groups in total. The molecular formula is C13H18N4O. The summed E-state index contributed by atoms with van der Waals surface area (Å²) in [6.07, 6.45) is 3.43. The number of aromatic nitrogens is 3. The Hall–Kier alpha value is -1.88. The molecule has 0 saturated carbocycles. The van der Waals surface area contributed by atoms with Gasteiger partial charge in [0.15, 0.2) is 0 Å². The number of nitrogens with zero attached hydrogens (tertiary/aromatic N) is 3. The summed E-state index contributed by atoms with van der Waals surface area (Å²) in [5.41, 5.74) is 10.3. The molecule has 2 heterocycles. The zero-order chi connectivity index (χ0) is 13.3. The Balaban J connectivity index is 2.44. The zero-order valence-electron chi connectivity index (χ0n) is 11.1. The van der Waals surface area contributed by atoms with Crippen molar-refractivity contribution in [3.63, 3.8) is 0 Å². The van der Waals surface area contributed by atoms with Gasteiger partial charge >= 0.3 is 0 Å². The first-order valence-corrected chi connectivity index (χ1v) is 5.79. The van der Waals surface area contributed by atoms with Crippen molar-refractivity contribution in [2.45, 2.75) is 19.9 Å². The maximum atomic E-state index is 6.31. The summed E-state index contributed by atoms with van der Waals surface area (Å²) in [5, 5.41) is 4.38.